The second-order valence-electron chi connectivity index (χ2n) is 17.3. The van der Waals surface area contributed by atoms with Gasteiger partial charge in [-0.3, -0.25) is 0 Å². The third-order valence-electron chi connectivity index (χ3n) is 13.4. The Balaban J connectivity index is 1.43. The molecule has 0 saturated carbocycles. The van der Waals surface area contributed by atoms with Gasteiger partial charge in [0.2, 0.25) is 0 Å². The second kappa shape index (κ2) is 20.3. The van der Waals surface area contributed by atoms with Gasteiger partial charge in [-0.15, -0.1) is 22.7 Å². The van der Waals surface area contributed by atoms with Crippen LogP contribution in [0.15, 0.2) is 71.3 Å². The van der Waals surface area contributed by atoms with E-state index in [9.17, 15) is 21.0 Å². The van der Waals surface area contributed by atoms with Gasteiger partial charge in [-0.25, -0.2) is 40.4 Å². The Labute approximate surface area is 408 Å². The highest BCUT2D eigenvalue weighted by Gasteiger charge is 2.54. The van der Waals surface area contributed by atoms with Crippen molar-refractivity contribution in [1.82, 2.24) is 0 Å². The van der Waals surface area contributed by atoms with Crippen LogP contribution in [0.25, 0.3) is 73.7 Å². The molecule has 3 aliphatic rings. The molecule has 0 radical (unpaired) electrons. The fourth-order valence-corrected chi connectivity index (χ4v) is 12.7. The highest BCUT2D eigenvalue weighted by molar-refractivity contribution is 7.17. The number of hydrogen-bond donors (Lipinski definition) is 0. The fraction of sp³-hybridized carbons (Fsp3) is 0.345. The third-order valence-corrected chi connectivity index (χ3v) is 15.8. The molecular weight excluding hydrogens is 913 g/mol. The van der Waals surface area contributed by atoms with E-state index in [1.165, 1.54) is 12.1 Å². The van der Waals surface area contributed by atoms with Crippen LogP contribution in [0.5, 0.6) is 0 Å². The Morgan fingerprint density at radius 2 is 0.812 bits per heavy atom. The standard InChI is InChI=1S/C55H42F4N8S2/c1-7-9-11-13-15-17-23-53(24-18-16-14-12-10-8-2)39-25-33(45-27-37-47(41(29-60)64-3)54(56,57)49(51(37)68-45)43(31-62)66-5)19-21-35(39)36-22-20-34(26-40(36)53)46-28-38-48(42(30-61)65-4)55(58,59)50(52(38)69-46)44(32-63)67-6/h19-22,25-28H,7-18,23-24H2,1-2H3/b47-41-,48-42+,49-43-,50-44+. The zero-order valence-electron chi connectivity index (χ0n) is 37.9. The summed E-state index contributed by atoms with van der Waals surface area (Å²) in [5.41, 5.74) is -1.85. The Morgan fingerprint density at radius 1 is 0.478 bits per heavy atom. The minimum Gasteiger partial charge on any atom is -0.226 e. The van der Waals surface area contributed by atoms with E-state index in [2.05, 4.69) is 45.4 Å². The van der Waals surface area contributed by atoms with Crippen LogP contribution in [0.2, 0.25) is 0 Å². The first-order chi connectivity index (χ1) is 33.3. The number of rotatable bonds is 16. The summed E-state index contributed by atoms with van der Waals surface area (Å²) in [7, 11) is 0. The molecule has 0 saturated heterocycles. The van der Waals surface area contributed by atoms with Crippen LogP contribution >= 0.6 is 22.7 Å². The number of nitriles is 4. The number of unbranched alkanes of at least 4 members (excludes halogenated alkanes) is 10. The zero-order chi connectivity index (χ0) is 49.7. The average molecular weight is 955 g/mol. The molecule has 2 heterocycles. The van der Waals surface area contributed by atoms with Crippen molar-refractivity contribution in [2.24, 2.45) is 0 Å². The molecule has 14 heteroatoms. The average Bonchev–Trinajstić information content (AvgIpc) is 4.12. The number of hydrogen-bond acceptors (Lipinski definition) is 6. The van der Waals surface area contributed by atoms with Crippen molar-refractivity contribution in [3.63, 3.8) is 0 Å². The molecule has 69 heavy (non-hydrogen) atoms. The van der Waals surface area contributed by atoms with Gasteiger partial charge in [0, 0.05) is 36.1 Å². The van der Waals surface area contributed by atoms with Crippen LogP contribution < -0.4 is 0 Å². The van der Waals surface area contributed by atoms with Gasteiger partial charge in [0.15, 0.2) is 0 Å². The molecular formula is C55H42F4N8S2. The van der Waals surface area contributed by atoms with Crippen LogP contribution in [-0.2, 0) is 5.41 Å². The van der Waals surface area contributed by atoms with Crippen LogP contribution in [0, 0.1) is 71.6 Å². The summed E-state index contributed by atoms with van der Waals surface area (Å²) >= 11 is 1.96. The molecule has 0 fully saturated rings. The molecule has 0 aliphatic heterocycles. The first-order valence-electron chi connectivity index (χ1n) is 22.8. The Bertz CT molecular complexity index is 2850. The van der Waals surface area contributed by atoms with Gasteiger partial charge in [0.1, 0.15) is 0 Å². The number of benzene rings is 2. The van der Waals surface area contributed by atoms with Crippen molar-refractivity contribution in [2.45, 2.75) is 121 Å². The van der Waals surface area contributed by atoms with Gasteiger partial charge in [-0.1, -0.05) is 115 Å². The minimum absolute atomic E-state index is 0.0408. The van der Waals surface area contributed by atoms with Gasteiger partial charge in [0.25, 0.3) is 34.6 Å². The first-order valence-corrected chi connectivity index (χ1v) is 24.4. The second-order valence-corrected chi connectivity index (χ2v) is 19.4. The van der Waals surface area contributed by atoms with Crippen molar-refractivity contribution in [3.8, 4) is 56.3 Å². The van der Waals surface area contributed by atoms with E-state index in [0.717, 1.165) is 135 Å². The van der Waals surface area contributed by atoms with Gasteiger partial charge < -0.3 is 0 Å². The summed E-state index contributed by atoms with van der Waals surface area (Å²) in [5, 5.41) is 39.2. The van der Waals surface area contributed by atoms with Crippen molar-refractivity contribution in [1.29, 1.82) is 21.0 Å². The molecule has 2 aromatic carbocycles. The van der Waals surface area contributed by atoms with Crippen molar-refractivity contribution in [2.75, 3.05) is 0 Å². The lowest BCUT2D eigenvalue weighted by Gasteiger charge is -2.33. The lowest BCUT2D eigenvalue weighted by atomic mass is 9.70. The quantitative estimate of drug-likeness (QED) is 0.0482. The molecule has 342 valence electrons. The van der Waals surface area contributed by atoms with E-state index in [-0.39, 0.29) is 20.9 Å². The van der Waals surface area contributed by atoms with Crippen LogP contribution in [0.3, 0.4) is 0 Å². The summed E-state index contributed by atoms with van der Waals surface area (Å²) in [6.07, 6.45) is 14.1. The molecule has 8 nitrogen and oxygen atoms in total. The zero-order valence-corrected chi connectivity index (χ0v) is 39.6. The van der Waals surface area contributed by atoms with E-state index in [1.807, 2.05) is 24.3 Å². The monoisotopic (exact) mass is 954 g/mol. The number of halogens is 4. The SMILES string of the molecule is [C-]#[N+]/C(C#N)=C1\c2sc(-c3ccc4c(c3)C(CCCCCCCC)(CCCCCCCC)c3cc(-c5cc6c(s5)/C(=C(\C#N)[N+]#[C-])C(F)(F)/C6=C(/C#N)[N+]#[C-])ccc3-4)cc2/C(=C(/C#N)[N+]#[C-])C1(F)F. The molecule has 0 atom stereocenters. The molecule has 0 spiro atoms. The molecule has 0 unspecified atom stereocenters. The van der Waals surface area contributed by atoms with Gasteiger partial charge in [-0.05, 0) is 81.6 Å². The van der Waals surface area contributed by atoms with E-state index in [4.69, 9.17) is 26.3 Å². The van der Waals surface area contributed by atoms with Crippen molar-refractivity contribution in [3.05, 3.63) is 149 Å². The summed E-state index contributed by atoms with van der Waals surface area (Å²) in [6, 6.07) is 21.4. The minimum atomic E-state index is -3.92. The number of fused-ring (bicyclic) bond motifs is 5. The van der Waals surface area contributed by atoms with Crippen LogP contribution in [0.4, 0.5) is 17.6 Å². The van der Waals surface area contributed by atoms with Gasteiger partial charge >= 0.3 is 0 Å². The maximum absolute atomic E-state index is 16.2. The summed E-state index contributed by atoms with van der Waals surface area (Å²) < 4.78 is 64.7. The normalized spacial score (nSPS) is 18.0. The molecule has 3 aliphatic carbocycles. The third kappa shape index (κ3) is 8.43. The number of alkyl halides is 4. The molecule has 7 rings (SSSR count). The topological polar surface area (TPSA) is 113 Å². The van der Waals surface area contributed by atoms with E-state index < -0.39 is 62.3 Å². The highest BCUT2D eigenvalue weighted by Crippen LogP contribution is 2.62. The molecule has 0 N–H and O–H groups in total. The molecule has 4 aromatic rings. The largest absolute Gasteiger partial charge is 0.284 e. The lowest BCUT2D eigenvalue weighted by Crippen LogP contribution is -2.25. The van der Waals surface area contributed by atoms with Crippen molar-refractivity contribution >= 4 is 45.0 Å². The highest BCUT2D eigenvalue weighted by atomic mass is 32.1. The molecule has 0 bridgehead atoms. The number of nitrogens with zero attached hydrogens (tertiary/aromatic N) is 8. The fourth-order valence-electron chi connectivity index (χ4n) is 10.2. The van der Waals surface area contributed by atoms with E-state index >= 15 is 17.6 Å². The van der Waals surface area contributed by atoms with Gasteiger partial charge in [0.05, 0.1) is 61.7 Å². The van der Waals surface area contributed by atoms with E-state index in [0.29, 0.717) is 20.9 Å². The lowest BCUT2D eigenvalue weighted by molar-refractivity contribution is 0.137. The Morgan fingerprint density at radius 3 is 1.14 bits per heavy atom. The maximum atomic E-state index is 16.2. The molecule has 0 amide bonds. The number of thiophene rings is 2. The molecule has 2 aromatic heterocycles. The maximum Gasteiger partial charge on any atom is 0.284 e. The number of allylic oxidation sites excluding steroid dienone is 8. The first kappa shape index (κ1) is 49.3. The summed E-state index contributed by atoms with van der Waals surface area (Å²) in [5.74, 6) is -7.84. The van der Waals surface area contributed by atoms with Crippen molar-refractivity contribution < 1.29 is 17.6 Å². The predicted molar refractivity (Wildman–Crippen MR) is 262 cm³/mol. The summed E-state index contributed by atoms with van der Waals surface area (Å²) in [4.78, 5) is 13.5. The van der Waals surface area contributed by atoms with Gasteiger partial charge in [-0.2, -0.15) is 17.6 Å². The smallest absolute Gasteiger partial charge is 0.226 e. The van der Waals surface area contributed by atoms with Crippen LogP contribution in [-0.4, -0.2) is 11.8 Å². The summed E-state index contributed by atoms with van der Waals surface area (Å²) in [6.45, 7) is 34.6. The Kier molecular flexibility index (Phi) is 14.6. The van der Waals surface area contributed by atoms with E-state index in [1.54, 1.807) is 24.3 Å². The Hall–Kier alpha value is -7.56. The predicted octanol–water partition coefficient (Wildman–Crippen LogP) is 16.8. The van der Waals surface area contributed by atoms with Crippen LogP contribution in [0.1, 0.15) is 136 Å².